The Balaban J connectivity index is 2.47. The predicted octanol–water partition coefficient (Wildman–Crippen LogP) is 0.962. The fraction of sp³-hybridized carbons (Fsp3) is 0.400. The molecule has 0 saturated carbocycles. The molecule has 0 radical (unpaired) electrons. The molecule has 0 amide bonds. The van der Waals surface area contributed by atoms with Crippen LogP contribution in [0.4, 0.5) is 5.69 Å². The second-order valence-electron chi connectivity index (χ2n) is 3.62. The third kappa shape index (κ3) is 1.35. The Labute approximate surface area is 77.8 Å². The van der Waals surface area contributed by atoms with Gasteiger partial charge in [-0.2, -0.15) is 0 Å². The Hall–Kier alpha value is -1.22. The van der Waals surface area contributed by atoms with Gasteiger partial charge < -0.3 is 15.7 Å². The molecule has 3 nitrogen and oxygen atoms in total. The molecule has 0 aromatic heterocycles. The molecule has 0 fully saturated rings. The van der Waals surface area contributed by atoms with Crippen molar-refractivity contribution in [2.24, 2.45) is 0 Å². The van der Waals surface area contributed by atoms with Crippen LogP contribution in [0.2, 0.25) is 0 Å². The molecule has 70 valence electrons. The Bertz CT molecular complexity index is 336. The molecular formula is C10H14N2O. The van der Waals surface area contributed by atoms with Gasteiger partial charge in [0.25, 0.3) is 0 Å². The zero-order valence-corrected chi connectivity index (χ0v) is 7.75. The maximum absolute atomic E-state index is 9.40. The van der Waals surface area contributed by atoms with Crippen LogP contribution in [0.5, 0.6) is 5.75 Å². The fourth-order valence-corrected chi connectivity index (χ4v) is 1.81. The number of phenols is 1. The van der Waals surface area contributed by atoms with Crippen LogP contribution < -0.4 is 5.73 Å². The van der Waals surface area contributed by atoms with Crippen molar-refractivity contribution in [1.82, 2.24) is 4.90 Å². The molecular weight excluding hydrogens is 164 g/mol. The summed E-state index contributed by atoms with van der Waals surface area (Å²) in [5.74, 6) is 0.211. The minimum Gasteiger partial charge on any atom is -0.506 e. The molecule has 1 heterocycles. The summed E-state index contributed by atoms with van der Waals surface area (Å²) in [5.41, 5.74) is 8.70. The monoisotopic (exact) mass is 178 g/mol. The molecule has 1 aromatic carbocycles. The summed E-state index contributed by atoms with van der Waals surface area (Å²) >= 11 is 0. The van der Waals surface area contributed by atoms with Gasteiger partial charge in [0, 0.05) is 13.1 Å². The van der Waals surface area contributed by atoms with E-state index in [4.69, 9.17) is 5.73 Å². The first-order valence-corrected chi connectivity index (χ1v) is 4.46. The van der Waals surface area contributed by atoms with Gasteiger partial charge in [-0.3, -0.25) is 0 Å². The molecule has 0 bridgehead atoms. The lowest BCUT2D eigenvalue weighted by molar-refractivity contribution is 0.312. The van der Waals surface area contributed by atoms with E-state index >= 15 is 0 Å². The SMILES string of the molecule is CN1CCc2c(ccc(O)c2N)C1. The van der Waals surface area contributed by atoms with Crippen LogP contribution in [0.1, 0.15) is 11.1 Å². The topological polar surface area (TPSA) is 49.5 Å². The number of benzene rings is 1. The van der Waals surface area contributed by atoms with E-state index in [9.17, 15) is 5.11 Å². The Morgan fingerprint density at radius 1 is 1.46 bits per heavy atom. The molecule has 3 heteroatoms. The van der Waals surface area contributed by atoms with Gasteiger partial charge in [-0.25, -0.2) is 0 Å². The molecule has 1 aliphatic rings. The van der Waals surface area contributed by atoms with Crippen molar-refractivity contribution < 1.29 is 5.11 Å². The highest BCUT2D eigenvalue weighted by Crippen LogP contribution is 2.30. The summed E-state index contributed by atoms with van der Waals surface area (Å²) in [5, 5.41) is 9.40. The normalized spacial score (nSPS) is 17.0. The van der Waals surface area contributed by atoms with Gasteiger partial charge in [0.1, 0.15) is 5.75 Å². The standard InChI is InChI=1S/C10H14N2O/c1-12-5-4-8-7(6-12)2-3-9(13)10(8)11/h2-3,13H,4-6,11H2,1H3. The predicted molar refractivity (Wildman–Crippen MR) is 52.6 cm³/mol. The van der Waals surface area contributed by atoms with E-state index in [1.807, 2.05) is 6.07 Å². The molecule has 3 N–H and O–H groups in total. The Kier molecular flexibility index (Phi) is 1.88. The van der Waals surface area contributed by atoms with Gasteiger partial charge in [0.2, 0.25) is 0 Å². The number of nitrogens with zero attached hydrogens (tertiary/aromatic N) is 1. The van der Waals surface area contributed by atoms with Crippen molar-refractivity contribution in [2.75, 3.05) is 19.3 Å². The molecule has 13 heavy (non-hydrogen) atoms. The second kappa shape index (κ2) is 2.92. The maximum atomic E-state index is 9.40. The third-order valence-corrected chi connectivity index (χ3v) is 2.61. The number of nitrogens with two attached hydrogens (primary N) is 1. The number of anilines is 1. The molecule has 0 unspecified atom stereocenters. The number of hydrogen-bond donors (Lipinski definition) is 2. The van der Waals surface area contributed by atoms with Crippen LogP contribution in [-0.4, -0.2) is 23.6 Å². The van der Waals surface area contributed by atoms with Crippen molar-refractivity contribution in [1.29, 1.82) is 0 Å². The first kappa shape index (κ1) is 8.38. The number of fused-ring (bicyclic) bond motifs is 1. The minimum atomic E-state index is 0.211. The molecule has 1 aromatic rings. The summed E-state index contributed by atoms with van der Waals surface area (Å²) in [6.45, 7) is 1.94. The lowest BCUT2D eigenvalue weighted by Gasteiger charge is -2.26. The van der Waals surface area contributed by atoms with Gasteiger partial charge >= 0.3 is 0 Å². The van der Waals surface area contributed by atoms with Gasteiger partial charge in [-0.05, 0) is 30.7 Å². The van der Waals surface area contributed by atoms with E-state index < -0.39 is 0 Å². The number of likely N-dealkylation sites (N-methyl/N-ethyl adjacent to an activating group) is 1. The van der Waals surface area contributed by atoms with Crippen LogP contribution in [0.3, 0.4) is 0 Å². The highest BCUT2D eigenvalue weighted by molar-refractivity contribution is 5.61. The Morgan fingerprint density at radius 3 is 3.00 bits per heavy atom. The summed E-state index contributed by atoms with van der Waals surface area (Å²) in [7, 11) is 2.09. The smallest absolute Gasteiger partial charge is 0.138 e. The first-order valence-electron chi connectivity index (χ1n) is 4.46. The van der Waals surface area contributed by atoms with Crippen molar-refractivity contribution in [3.63, 3.8) is 0 Å². The van der Waals surface area contributed by atoms with Crippen LogP contribution in [0.15, 0.2) is 12.1 Å². The van der Waals surface area contributed by atoms with Crippen molar-refractivity contribution in [3.05, 3.63) is 23.3 Å². The maximum Gasteiger partial charge on any atom is 0.138 e. The zero-order chi connectivity index (χ0) is 9.42. The van der Waals surface area contributed by atoms with E-state index in [1.165, 1.54) is 5.56 Å². The van der Waals surface area contributed by atoms with E-state index in [0.717, 1.165) is 25.1 Å². The molecule has 1 aliphatic heterocycles. The first-order chi connectivity index (χ1) is 6.18. The lowest BCUT2D eigenvalue weighted by atomic mass is 9.98. The second-order valence-corrected chi connectivity index (χ2v) is 3.62. The summed E-state index contributed by atoms with van der Waals surface area (Å²) < 4.78 is 0. The molecule has 0 atom stereocenters. The number of hydrogen-bond acceptors (Lipinski definition) is 3. The zero-order valence-electron chi connectivity index (χ0n) is 7.75. The third-order valence-electron chi connectivity index (χ3n) is 2.61. The van der Waals surface area contributed by atoms with Gasteiger partial charge in [-0.1, -0.05) is 6.07 Å². The van der Waals surface area contributed by atoms with Crippen molar-refractivity contribution >= 4 is 5.69 Å². The summed E-state index contributed by atoms with van der Waals surface area (Å²) in [6.07, 6.45) is 0.937. The summed E-state index contributed by atoms with van der Waals surface area (Å²) in [4.78, 5) is 2.25. The molecule has 0 aliphatic carbocycles. The largest absolute Gasteiger partial charge is 0.506 e. The highest BCUT2D eigenvalue weighted by atomic mass is 16.3. The summed E-state index contributed by atoms with van der Waals surface area (Å²) in [6, 6.07) is 3.63. The lowest BCUT2D eigenvalue weighted by Crippen LogP contribution is -2.27. The van der Waals surface area contributed by atoms with E-state index in [0.29, 0.717) is 5.69 Å². The number of phenolic OH excluding ortho intramolecular Hbond substituents is 1. The average Bonchev–Trinajstić information content (AvgIpc) is 2.12. The fourth-order valence-electron chi connectivity index (χ4n) is 1.81. The number of nitrogen functional groups attached to an aromatic ring is 1. The van der Waals surface area contributed by atoms with Crippen LogP contribution >= 0.6 is 0 Å². The molecule has 0 saturated heterocycles. The van der Waals surface area contributed by atoms with E-state index in [2.05, 4.69) is 11.9 Å². The van der Waals surface area contributed by atoms with Crippen molar-refractivity contribution in [2.45, 2.75) is 13.0 Å². The molecule has 0 spiro atoms. The van der Waals surface area contributed by atoms with Gasteiger partial charge in [0.15, 0.2) is 0 Å². The van der Waals surface area contributed by atoms with E-state index in [-0.39, 0.29) is 5.75 Å². The van der Waals surface area contributed by atoms with Crippen LogP contribution in [0, 0.1) is 0 Å². The van der Waals surface area contributed by atoms with Gasteiger partial charge in [0.05, 0.1) is 5.69 Å². The quantitative estimate of drug-likeness (QED) is 0.459. The highest BCUT2D eigenvalue weighted by Gasteiger charge is 2.16. The van der Waals surface area contributed by atoms with Crippen LogP contribution in [0.25, 0.3) is 0 Å². The van der Waals surface area contributed by atoms with E-state index in [1.54, 1.807) is 6.07 Å². The number of rotatable bonds is 0. The van der Waals surface area contributed by atoms with Crippen molar-refractivity contribution in [3.8, 4) is 5.75 Å². The molecule has 2 rings (SSSR count). The minimum absolute atomic E-state index is 0.211. The van der Waals surface area contributed by atoms with Crippen LogP contribution in [-0.2, 0) is 13.0 Å². The van der Waals surface area contributed by atoms with Gasteiger partial charge in [-0.15, -0.1) is 0 Å². The average molecular weight is 178 g/mol. The Morgan fingerprint density at radius 2 is 2.23 bits per heavy atom. The number of aromatic hydroxyl groups is 1.